The number of aromatic nitrogens is 1. The summed E-state index contributed by atoms with van der Waals surface area (Å²) in [5.74, 6) is -0.258. The van der Waals surface area contributed by atoms with Gasteiger partial charge in [0.1, 0.15) is 5.82 Å². The molecule has 0 spiro atoms. The number of nitrogens with one attached hydrogen (secondary N) is 1. The summed E-state index contributed by atoms with van der Waals surface area (Å²) in [4.78, 5) is 4.22. The largest absolute Gasteiger partial charge is 0.377 e. The Hall–Kier alpha value is -0.940. The highest BCUT2D eigenvalue weighted by Gasteiger charge is 2.08. The first kappa shape index (κ1) is 11.5. The fraction of sp³-hybridized carbons (Fsp3) is 0.182. The topological polar surface area (TPSA) is 24.9 Å². The highest BCUT2D eigenvalue weighted by atomic mass is 79.9. The SMILES string of the molecule is CC(Nc1ccc(F)c(Br)c1)c1cscn1. The number of hydrogen-bond donors (Lipinski definition) is 1. The molecule has 0 aliphatic heterocycles. The maximum atomic E-state index is 13.0. The van der Waals surface area contributed by atoms with Crippen LogP contribution in [0.5, 0.6) is 0 Å². The molecule has 0 saturated carbocycles. The van der Waals surface area contributed by atoms with E-state index in [4.69, 9.17) is 0 Å². The maximum absolute atomic E-state index is 13.0. The van der Waals surface area contributed by atoms with Gasteiger partial charge in [-0.2, -0.15) is 0 Å². The minimum Gasteiger partial charge on any atom is -0.377 e. The number of halogens is 2. The Bertz CT molecular complexity index is 473. The van der Waals surface area contributed by atoms with Crippen molar-refractivity contribution < 1.29 is 4.39 Å². The van der Waals surface area contributed by atoms with Crippen molar-refractivity contribution in [1.82, 2.24) is 4.98 Å². The summed E-state index contributed by atoms with van der Waals surface area (Å²) in [6, 6.07) is 4.98. The second-order valence-electron chi connectivity index (χ2n) is 3.41. The lowest BCUT2D eigenvalue weighted by molar-refractivity contribution is 0.621. The Labute approximate surface area is 106 Å². The summed E-state index contributed by atoms with van der Waals surface area (Å²) in [5, 5.41) is 5.26. The van der Waals surface area contributed by atoms with E-state index in [0.717, 1.165) is 11.4 Å². The highest BCUT2D eigenvalue weighted by Crippen LogP contribution is 2.23. The fourth-order valence-corrected chi connectivity index (χ4v) is 2.37. The molecule has 0 amide bonds. The van der Waals surface area contributed by atoms with Crippen LogP contribution in [0.1, 0.15) is 18.7 Å². The lowest BCUT2D eigenvalue weighted by Gasteiger charge is -2.13. The van der Waals surface area contributed by atoms with Gasteiger partial charge in [-0.15, -0.1) is 11.3 Å². The highest BCUT2D eigenvalue weighted by molar-refractivity contribution is 9.10. The molecule has 2 rings (SSSR count). The summed E-state index contributed by atoms with van der Waals surface area (Å²) < 4.78 is 13.5. The number of nitrogens with zero attached hydrogens (tertiary/aromatic N) is 1. The van der Waals surface area contributed by atoms with Crippen molar-refractivity contribution in [3.63, 3.8) is 0 Å². The Balaban J connectivity index is 2.12. The number of anilines is 1. The molecule has 0 aliphatic carbocycles. The second-order valence-corrected chi connectivity index (χ2v) is 4.98. The van der Waals surface area contributed by atoms with E-state index in [1.165, 1.54) is 6.07 Å². The molecule has 5 heteroatoms. The smallest absolute Gasteiger partial charge is 0.137 e. The van der Waals surface area contributed by atoms with E-state index >= 15 is 0 Å². The Morgan fingerprint density at radius 3 is 2.94 bits per heavy atom. The molecule has 1 heterocycles. The van der Waals surface area contributed by atoms with E-state index in [2.05, 4.69) is 26.2 Å². The maximum Gasteiger partial charge on any atom is 0.137 e. The van der Waals surface area contributed by atoms with Crippen molar-refractivity contribution in [2.24, 2.45) is 0 Å². The van der Waals surface area contributed by atoms with Crippen LogP contribution in [0, 0.1) is 5.82 Å². The molecule has 0 radical (unpaired) electrons. The third kappa shape index (κ3) is 2.59. The first-order chi connectivity index (χ1) is 7.66. The molecule has 16 heavy (non-hydrogen) atoms. The van der Waals surface area contributed by atoms with Gasteiger partial charge in [0, 0.05) is 11.1 Å². The molecule has 1 atom stereocenters. The molecule has 2 aromatic rings. The Morgan fingerprint density at radius 1 is 1.50 bits per heavy atom. The van der Waals surface area contributed by atoms with Crippen molar-refractivity contribution in [3.05, 3.63) is 45.1 Å². The van der Waals surface area contributed by atoms with Crippen molar-refractivity contribution >= 4 is 33.0 Å². The van der Waals surface area contributed by atoms with Crippen molar-refractivity contribution in [3.8, 4) is 0 Å². The molecule has 0 bridgehead atoms. The first-order valence-corrected chi connectivity index (χ1v) is 6.50. The summed E-state index contributed by atoms with van der Waals surface area (Å²) in [6.45, 7) is 2.02. The van der Waals surface area contributed by atoms with E-state index in [1.807, 2.05) is 12.3 Å². The van der Waals surface area contributed by atoms with E-state index in [0.29, 0.717) is 4.47 Å². The van der Waals surface area contributed by atoms with Gasteiger partial charge in [-0.3, -0.25) is 0 Å². The number of benzene rings is 1. The van der Waals surface area contributed by atoms with Gasteiger partial charge in [-0.1, -0.05) is 0 Å². The summed E-state index contributed by atoms with van der Waals surface area (Å²) in [7, 11) is 0. The van der Waals surface area contributed by atoms with Gasteiger partial charge in [-0.05, 0) is 41.1 Å². The third-order valence-electron chi connectivity index (χ3n) is 2.20. The van der Waals surface area contributed by atoms with Gasteiger partial charge >= 0.3 is 0 Å². The van der Waals surface area contributed by atoms with Gasteiger partial charge in [0.15, 0.2) is 0 Å². The molecule has 1 aromatic heterocycles. The first-order valence-electron chi connectivity index (χ1n) is 4.76. The van der Waals surface area contributed by atoms with Crippen molar-refractivity contribution in [2.45, 2.75) is 13.0 Å². The summed E-state index contributed by atoms with van der Waals surface area (Å²) >= 11 is 4.72. The van der Waals surface area contributed by atoms with E-state index < -0.39 is 0 Å². The van der Waals surface area contributed by atoms with Crippen LogP contribution < -0.4 is 5.32 Å². The minimum atomic E-state index is -0.258. The summed E-state index contributed by atoms with van der Waals surface area (Å²) in [6.07, 6.45) is 0. The number of hydrogen-bond acceptors (Lipinski definition) is 3. The van der Waals surface area contributed by atoms with Gasteiger partial charge in [-0.25, -0.2) is 9.37 Å². The molecule has 2 nitrogen and oxygen atoms in total. The van der Waals surface area contributed by atoms with Crippen molar-refractivity contribution in [2.75, 3.05) is 5.32 Å². The van der Waals surface area contributed by atoms with Crippen LogP contribution in [0.15, 0.2) is 33.6 Å². The zero-order chi connectivity index (χ0) is 11.5. The molecule has 0 aliphatic rings. The molecular formula is C11H10BrFN2S. The number of thiazole rings is 1. The average molecular weight is 301 g/mol. The van der Waals surface area contributed by atoms with Crippen LogP contribution in [0.2, 0.25) is 0 Å². The Kier molecular flexibility index (Phi) is 3.56. The molecule has 1 unspecified atom stereocenters. The van der Waals surface area contributed by atoms with E-state index in [9.17, 15) is 4.39 Å². The molecule has 84 valence electrons. The fourth-order valence-electron chi connectivity index (χ4n) is 1.35. The predicted octanol–water partition coefficient (Wildman–Crippen LogP) is 4.22. The monoisotopic (exact) mass is 300 g/mol. The quantitative estimate of drug-likeness (QED) is 0.918. The van der Waals surface area contributed by atoms with Crippen LogP contribution >= 0.6 is 27.3 Å². The zero-order valence-corrected chi connectivity index (χ0v) is 11.0. The van der Waals surface area contributed by atoms with Crippen LogP contribution in [0.25, 0.3) is 0 Å². The van der Waals surface area contributed by atoms with Gasteiger partial charge in [0.05, 0.1) is 21.7 Å². The van der Waals surface area contributed by atoms with Gasteiger partial charge in [0.25, 0.3) is 0 Å². The van der Waals surface area contributed by atoms with Crippen LogP contribution in [0.4, 0.5) is 10.1 Å². The van der Waals surface area contributed by atoms with Gasteiger partial charge in [0.2, 0.25) is 0 Å². The molecule has 1 N–H and O–H groups in total. The van der Waals surface area contributed by atoms with Crippen LogP contribution in [0.3, 0.4) is 0 Å². The lowest BCUT2D eigenvalue weighted by atomic mass is 10.2. The molecule has 0 fully saturated rings. The average Bonchev–Trinajstić information content (AvgIpc) is 2.77. The summed E-state index contributed by atoms with van der Waals surface area (Å²) in [5.41, 5.74) is 3.66. The normalized spacial score (nSPS) is 12.4. The zero-order valence-electron chi connectivity index (χ0n) is 8.58. The van der Waals surface area contributed by atoms with Crippen LogP contribution in [-0.2, 0) is 0 Å². The molecule has 0 saturated heterocycles. The Morgan fingerprint density at radius 2 is 2.31 bits per heavy atom. The standard InChI is InChI=1S/C11H10BrFN2S/c1-7(11-5-16-6-14-11)15-8-2-3-10(13)9(12)4-8/h2-7,15H,1H3. The van der Waals surface area contributed by atoms with E-state index in [1.54, 1.807) is 29.0 Å². The molecular weight excluding hydrogens is 291 g/mol. The molecule has 1 aromatic carbocycles. The van der Waals surface area contributed by atoms with Crippen LogP contribution in [-0.4, -0.2) is 4.98 Å². The third-order valence-corrected chi connectivity index (χ3v) is 3.41. The minimum absolute atomic E-state index is 0.114. The lowest BCUT2D eigenvalue weighted by Crippen LogP contribution is -2.06. The van der Waals surface area contributed by atoms with Gasteiger partial charge < -0.3 is 5.32 Å². The second kappa shape index (κ2) is 4.93. The van der Waals surface area contributed by atoms with E-state index in [-0.39, 0.29) is 11.9 Å². The predicted molar refractivity (Wildman–Crippen MR) is 68.3 cm³/mol. The van der Waals surface area contributed by atoms with Crippen molar-refractivity contribution in [1.29, 1.82) is 0 Å². The number of rotatable bonds is 3.